The van der Waals surface area contributed by atoms with Crippen LogP contribution in [0.1, 0.15) is 22.9 Å². The molecule has 0 saturated carbocycles. The largest absolute Gasteiger partial charge is 0.481 e. The van der Waals surface area contributed by atoms with E-state index in [1.54, 1.807) is 0 Å². The Balaban J connectivity index is 2.03. The highest BCUT2D eigenvalue weighted by atomic mass is 16.4. The Hall–Kier alpha value is -2.56. The van der Waals surface area contributed by atoms with Crippen LogP contribution in [0.2, 0.25) is 0 Å². The van der Waals surface area contributed by atoms with Crippen LogP contribution in [0.3, 0.4) is 0 Å². The molecule has 3 aromatic rings. The lowest BCUT2D eigenvalue weighted by Gasteiger charge is -2.01. The van der Waals surface area contributed by atoms with E-state index in [9.17, 15) is 4.79 Å². The van der Waals surface area contributed by atoms with Gasteiger partial charge in [0.25, 0.3) is 0 Å². The van der Waals surface area contributed by atoms with Gasteiger partial charge in [-0.05, 0) is 25.5 Å². The number of hydrogen-bond acceptors (Lipinski definition) is 3. The van der Waals surface area contributed by atoms with E-state index in [1.807, 2.05) is 48.9 Å². The van der Waals surface area contributed by atoms with Gasteiger partial charge in [-0.1, -0.05) is 18.2 Å². The van der Waals surface area contributed by atoms with E-state index in [2.05, 4.69) is 4.98 Å². The number of benzene rings is 1. The Labute approximate surface area is 121 Å². The number of fused-ring (bicyclic) bond motifs is 1. The summed E-state index contributed by atoms with van der Waals surface area (Å²) in [7, 11) is 0. The van der Waals surface area contributed by atoms with Crippen molar-refractivity contribution in [1.82, 2.24) is 9.55 Å². The smallest absolute Gasteiger partial charge is 0.307 e. The van der Waals surface area contributed by atoms with Crippen molar-refractivity contribution in [1.29, 1.82) is 0 Å². The van der Waals surface area contributed by atoms with Crippen molar-refractivity contribution in [3.63, 3.8) is 0 Å². The number of aryl methyl sites for hydroxylation is 2. The molecule has 0 unspecified atom stereocenters. The van der Waals surface area contributed by atoms with Crippen LogP contribution in [0.15, 0.2) is 34.9 Å². The van der Waals surface area contributed by atoms with Gasteiger partial charge >= 0.3 is 5.97 Å². The van der Waals surface area contributed by atoms with Gasteiger partial charge in [0.1, 0.15) is 5.76 Å². The maximum atomic E-state index is 11.0. The summed E-state index contributed by atoms with van der Waals surface area (Å²) in [6, 6.07) is 7.77. The molecule has 0 amide bonds. The Morgan fingerprint density at radius 3 is 2.76 bits per heavy atom. The normalized spacial score (nSPS) is 11.1. The zero-order valence-corrected chi connectivity index (χ0v) is 12.0. The molecule has 0 saturated heterocycles. The molecule has 108 valence electrons. The third-order valence-corrected chi connectivity index (χ3v) is 3.59. The van der Waals surface area contributed by atoms with Crippen LogP contribution >= 0.6 is 0 Å². The number of para-hydroxylation sites is 1. The summed E-state index contributed by atoms with van der Waals surface area (Å²) in [6.45, 7) is 4.29. The van der Waals surface area contributed by atoms with E-state index in [0.717, 1.165) is 27.9 Å². The summed E-state index contributed by atoms with van der Waals surface area (Å²) in [6.07, 6.45) is 1.88. The van der Waals surface area contributed by atoms with E-state index in [4.69, 9.17) is 9.52 Å². The lowest BCUT2D eigenvalue weighted by molar-refractivity contribution is -0.136. The Morgan fingerprint density at radius 1 is 1.33 bits per heavy atom. The summed E-state index contributed by atoms with van der Waals surface area (Å²) in [5.74, 6) is 0.612. The third kappa shape index (κ3) is 2.54. The molecule has 0 fully saturated rings. The fourth-order valence-electron chi connectivity index (χ4n) is 2.51. The Kier molecular flexibility index (Phi) is 3.25. The van der Waals surface area contributed by atoms with Gasteiger partial charge < -0.3 is 14.1 Å². The number of carbonyl (C=O) groups is 1. The van der Waals surface area contributed by atoms with Gasteiger partial charge in [0.05, 0.1) is 18.7 Å². The highest BCUT2D eigenvalue weighted by Crippen LogP contribution is 2.23. The zero-order chi connectivity index (χ0) is 15.0. The molecule has 0 atom stereocenters. The zero-order valence-electron chi connectivity index (χ0n) is 12.0. The third-order valence-electron chi connectivity index (χ3n) is 3.59. The predicted molar refractivity (Wildman–Crippen MR) is 78.4 cm³/mol. The summed E-state index contributed by atoms with van der Waals surface area (Å²) in [5.41, 5.74) is 2.67. The molecular formula is C16H16N2O3. The number of carboxylic acids is 1. The van der Waals surface area contributed by atoms with E-state index in [0.29, 0.717) is 12.4 Å². The van der Waals surface area contributed by atoms with Crippen LogP contribution in [0, 0.1) is 13.8 Å². The summed E-state index contributed by atoms with van der Waals surface area (Å²) >= 11 is 0. The molecule has 3 rings (SSSR count). The first kappa shape index (κ1) is 13.4. The average Bonchev–Trinajstić information content (AvgIpc) is 2.92. The molecule has 1 aromatic carbocycles. The van der Waals surface area contributed by atoms with Crippen LogP contribution < -0.4 is 0 Å². The fraction of sp³-hybridized carbons (Fsp3) is 0.250. The highest BCUT2D eigenvalue weighted by Gasteiger charge is 2.13. The van der Waals surface area contributed by atoms with Gasteiger partial charge in [0.2, 0.25) is 5.89 Å². The van der Waals surface area contributed by atoms with E-state index in [1.165, 1.54) is 0 Å². The van der Waals surface area contributed by atoms with Crippen LogP contribution in [0.5, 0.6) is 0 Å². The number of rotatable bonds is 4. The number of nitrogens with zero attached hydrogens (tertiary/aromatic N) is 2. The number of aliphatic carboxylic acids is 1. The van der Waals surface area contributed by atoms with Gasteiger partial charge in [-0.15, -0.1) is 0 Å². The van der Waals surface area contributed by atoms with Gasteiger partial charge in [0, 0.05) is 17.1 Å². The van der Waals surface area contributed by atoms with Gasteiger partial charge in [-0.25, -0.2) is 4.98 Å². The topological polar surface area (TPSA) is 68.3 Å². The summed E-state index contributed by atoms with van der Waals surface area (Å²) in [5, 5.41) is 9.98. The van der Waals surface area contributed by atoms with Crippen LogP contribution in [-0.4, -0.2) is 20.6 Å². The van der Waals surface area contributed by atoms with Crippen LogP contribution in [-0.2, 0) is 17.8 Å². The van der Waals surface area contributed by atoms with Gasteiger partial charge in [-0.2, -0.15) is 0 Å². The van der Waals surface area contributed by atoms with Crippen molar-refractivity contribution >= 4 is 16.9 Å². The van der Waals surface area contributed by atoms with Crippen molar-refractivity contribution in [3.05, 3.63) is 53.4 Å². The maximum absolute atomic E-state index is 11.0. The molecule has 0 aliphatic heterocycles. The summed E-state index contributed by atoms with van der Waals surface area (Å²) < 4.78 is 7.59. The maximum Gasteiger partial charge on any atom is 0.307 e. The second kappa shape index (κ2) is 5.09. The van der Waals surface area contributed by atoms with Crippen molar-refractivity contribution < 1.29 is 14.3 Å². The molecule has 0 radical (unpaired) electrons. The predicted octanol–water partition coefficient (Wildman–Crippen LogP) is 2.92. The molecule has 1 N–H and O–H groups in total. The fourth-order valence-corrected chi connectivity index (χ4v) is 2.51. The minimum absolute atomic E-state index is 0.0111. The molecule has 5 heteroatoms. The lowest BCUT2D eigenvalue weighted by atomic mass is 10.1. The van der Waals surface area contributed by atoms with Crippen molar-refractivity contribution in [2.24, 2.45) is 0 Å². The van der Waals surface area contributed by atoms with Crippen molar-refractivity contribution in [3.8, 4) is 0 Å². The molecule has 0 aliphatic rings. The molecule has 0 spiro atoms. The second-order valence-electron chi connectivity index (χ2n) is 5.12. The van der Waals surface area contributed by atoms with Gasteiger partial charge in [-0.3, -0.25) is 4.79 Å². The molecular weight excluding hydrogens is 268 g/mol. The number of aromatic nitrogens is 2. The quantitative estimate of drug-likeness (QED) is 0.799. The number of carboxylic acid groups (broad SMARTS) is 1. The van der Waals surface area contributed by atoms with E-state index in [-0.39, 0.29) is 6.42 Å². The highest BCUT2D eigenvalue weighted by molar-refractivity contribution is 5.87. The minimum Gasteiger partial charge on any atom is -0.481 e. The monoisotopic (exact) mass is 284 g/mol. The lowest BCUT2D eigenvalue weighted by Crippen LogP contribution is -2.00. The second-order valence-corrected chi connectivity index (χ2v) is 5.12. The SMILES string of the molecule is Cc1nc(Cn2cc(CC(=O)O)c3ccccc32)oc1C. The summed E-state index contributed by atoms with van der Waals surface area (Å²) in [4.78, 5) is 15.4. The van der Waals surface area contributed by atoms with Gasteiger partial charge in [0.15, 0.2) is 0 Å². The molecule has 21 heavy (non-hydrogen) atoms. The molecule has 0 aliphatic carbocycles. The molecule has 2 aromatic heterocycles. The first-order valence-electron chi connectivity index (χ1n) is 6.76. The molecule has 0 bridgehead atoms. The standard InChI is InChI=1S/C16H16N2O3/c1-10-11(2)21-15(17-10)9-18-8-12(7-16(19)20)13-5-3-4-6-14(13)18/h3-6,8H,7,9H2,1-2H3,(H,19,20). The van der Waals surface area contributed by atoms with Crippen LogP contribution in [0.25, 0.3) is 10.9 Å². The van der Waals surface area contributed by atoms with Crippen molar-refractivity contribution in [2.75, 3.05) is 0 Å². The Morgan fingerprint density at radius 2 is 2.10 bits per heavy atom. The van der Waals surface area contributed by atoms with Crippen molar-refractivity contribution in [2.45, 2.75) is 26.8 Å². The average molecular weight is 284 g/mol. The first-order valence-corrected chi connectivity index (χ1v) is 6.76. The van der Waals surface area contributed by atoms with Crippen LogP contribution in [0.4, 0.5) is 0 Å². The molecule has 5 nitrogen and oxygen atoms in total. The molecule has 2 heterocycles. The number of hydrogen-bond donors (Lipinski definition) is 1. The number of oxazole rings is 1. The Bertz CT molecular complexity index is 795. The van der Waals surface area contributed by atoms with E-state index >= 15 is 0 Å². The van der Waals surface area contributed by atoms with E-state index < -0.39 is 5.97 Å². The first-order chi connectivity index (χ1) is 10.0. The minimum atomic E-state index is -0.833.